The molecule has 4 atom stereocenters. The maximum absolute atomic E-state index is 14.9. The molecule has 2 aromatic carbocycles. The monoisotopic (exact) mass is 609 g/mol. The molecular weight excluding hydrogens is 576 g/mol. The number of thiophene rings is 1. The van der Waals surface area contributed by atoms with E-state index in [0.717, 1.165) is 4.88 Å². The average molecular weight is 610 g/mol. The molecule has 0 bridgehead atoms. The Morgan fingerprint density at radius 3 is 2.47 bits per heavy atom. The zero-order valence-corrected chi connectivity index (χ0v) is 24.8. The number of carbonyl (C=O) groups excluding carboxylic acids is 3. The van der Waals surface area contributed by atoms with Crippen LogP contribution >= 0.6 is 11.3 Å². The molecule has 1 aromatic heterocycles. The van der Waals surface area contributed by atoms with Crippen LogP contribution in [0.5, 0.6) is 0 Å². The molecule has 6 rings (SSSR count). The summed E-state index contributed by atoms with van der Waals surface area (Å²) < 4.78 is 34.0. The van der Waals surface area contributed by atoms with E-state index >= 15 is 0 Å². The fourth-order valence-electron chi connectivity index (χ4n) is 6.06. The molecule has 3 aromatic rings. The van der Waals surface area contributed by atoms with Crippen LogP contribution in [-0.2, 0) is 26.8 Å². The Bertz CT molecular complexity index is 1590. The van der Waals surface area contributed by atoms with Crippen LogP contribution in [0.15, 0.2) is 53.9 Å². The standard InChI is InChI=1S/C29H27F2N5O3S.C2H6O/c1-14-19-10-23(28(39)34-11-17-8-16(13-40-17)26(32)33)36(25(14)19)24(37)12-35-27(38)15-6-7-22-20(9-15)18-4-2-3-5-21(18)29(22,30)31;1-3-2/h2-9,13-14,19,23,25H,10-12H2,1H3,(H3,32,33)(H,34,39)(H,35,38);1-2H3/t14-,19?,23?,25?;/m0./s1. The number of amidine groups is 1. The van der Waals surface area contributed by atoms with E-state index in [1.807, 2.05) is 6.92 Å². The number of nitrogens with one attached hydrogen (secondary N) is 3. The molecule has 43 heavy (non-hydrogen) atoms. The highest BCUT2D eigenvalue weighted by Gasteiger charge is 2.61. The van der Waals surface area contributed by atoms with Crippen molar-refractivity contribution in [1.82, 2.24) is 15.5 Å². The third-order valence-corrected chi connectivity index (χ3v) is 9.17. The highest BCUT2D eigenvalue weighted by atomic mass is 32.1. The molecule has 5 N–H and O–H groups in total. The number of fused-ring (bicyclic) bond motifs is 4. The molecule has 0 spiro atoms. The lowest BCUT2D eigenvalue weighted by molar-refractivity contribution is -0.139. The molecule has 12 heteroatoms. The van der Waals surface area contributed by atoms with E-state index in [4.69, 9.17) is 11.1 Å². The summed E-state index contributed by atoms with van der Waals surface area (Å²) in [6, 6.07) is 11.3. The lowest BCUT2D eigenvalue weighted by atomic mass is 10.0. The van der Waals surface area contributed by atoms with Crippen molar-refractivity contribution in [3.05, 3.63) is 81.0 Å². The summed E-state index contributed by atoms with van der Waals surface area (Å²) in [4.78, 5) is 41.7. The Hall–Kier alpha value is -4.16. The fraction of sp³-hybridized carbons (Fsp3) is 0.355. The minimum Gasteiger partial charge on any atom is -0.388 e. The molecule has 9 nitrogen and oxygen atoms in total. The number of halogens is 2. The molecular formula is C31H33F2N5O4S. The first-order valence-electron chi connectivity index (χ1n) is 13.8. The van der Waals surface area contributed by atoms with E-state index in [9.17, 15) is 23.2 Å². The van der Waals surface area contributed by atoms with Crippen molar-refractivity contribution in [2.75, 3.05) is 20.8 Å². The number of likely N-dealkylation sites (tertiary alicyclic amines) is 1. The molecule has 1 saturated heterocycles. The zero-order valence-electron chi connectivity index (χ0n) is 23.9. The minimum absolute atomic E-state index is 0.0415. The zero-order chi connectivity index (χ0) is 31.1. The third kappa shape index (κ3) is 5.64. The van der Waals surface area contributed by atoms with Gasteiger partial charge in [-0.1, -0.05) is 37.3 Å². The van der Waals surface area contributed by atoms with Gasteiger partial charge in [0.15, 0.2) is 0 Å². The number of amides is 3. The lowest BCUT2D eigenvalue weighted by Gasteiger charge is -2.28. The molecule has 3 unspecified atom stereocenters. The smallest absolute Gasteiger partial charge is 0.299 e. The number of carbonyl (C=O) groups is 3. The van der Waals surface area contributed by atoms with Gasteiger partial charge >= 0.3 is 0 Å². The van der Waals surface area contributed by atoms with E-state index in [2.05, 4.69) is 15.4 Å². The molecule has 1 saturated carbocycles. The summed E-state index contributed by atoms with van der Waals surface area (Å²) in [5.74, 6) is -3.85. The van der Waals surface area contributed by atoms with E-state index in [1.165, 1.54) is 35.6 Å². The molecule has 3 amide bonds. The SMILES string of the molecule is COC.C[C@H]1C2CC(C(=O)NCc3cc(C(=N)N)cs3)N(C(=O)CNC(=O)c3ccc4c(c3)-c3ccccc3C4(F)F)C21. The van der Waals surface area contributed by atoms with Crippen LogP contribution in [0.1, 0.15) is 45.3 Å². The topological polar surface area (TPSA) is 138 Å². The Balaban J connectivity index is 0.00000118. The number of ether oxygens (including phenoxy) is 1. The van der Waals surface area contributed by atoms with Crippen LogP contribution in [0.4, 0.5) is 8.78 Å². The van der Waals surface area contributed by atoms with E-state index < -0.39 is 17.9 Å². The van der Waals surface area contributed by atoms with Crippen LogP contribution in [0, 0.1) is 17.2 Å². The summed E-state index contributed by atoms with van der Waals surface area (Å²) in [7, 11) is 3.25. The van der Waals surface area contributed by atoms with Gasteiger partial charge in [-0.15, -0.1) is 11.3 Å². The van der Waals surface area contributed by atoms with E-state index in [1.54, 1.807) is 48.8 Å². The molecule has 2 fully saturated rings. The lowest BCUT2D eigenvalue weighted by Crippen LogP contribution is -2.51. The number of piperidine rings is 1. The van der Waals surface area contributed by atoms with Crippen LogP contribution < -0.4 is 16.4 Å². The van der Waals surface area contributed by atoms with Crippen LogP contribution in [-0.4, -0.2) is 61.3 Å². The van der Waals surface area contributed by atoms with Crippen molar-refractivity contribution < 1.29 is 27.9 Å². The number of nitrogen functional groups attached to an aromatic ring is 1. The Morgan fingerprint density at radius 2 is 1.77 bits per heavy atom. The molecule has 2 aliphatic carbocycles. The number of benzene rings is 2. The van der Waals surface area contributed by atoms with E-state index in [0.29, 0.717) is 23.1 Å². The first kappa shape index (κ1) is 30.3. The third-order valence-electron chi connectivity index (χ3n) is 8.23. The average Bonchev–Trinajstić information content (AvgIpc) is 3.37. The first-order chi connectivity index (χ1) is 20.5. The van der Waals surface area contributed by atoms with Gasteiger partial charge in [-0.2, -0.15) is 8.78 Å². The fourth-order valence-corrected chi connectivity index (χ4v) is 6.89. The minimum atomic E-state index is -3.14. The van der Waals surface area contributed by atoms with Crippen molar-refractivity contribution in [2.45, 2.75) is 37.9 Å². The molecule has 2 heterocycles. The van der Waals surface area contributed by atoms with Gasteiger partial charge in [-0.05, 0) is 47.6 Å². The first-order valence-corrected chi connectivity index (χ1v) is 14.7. The van der Waals surface area contributed by atoms with Crippen molar-refractivity contribution in [3.8, 4) is 11.1 Å². The molecule has 226 valence electrons. The summed E-state index contributed by atoms with van der Waals surface area (Å²) >= 11 is 1.39. The van der Waals surface area contributed by atoms with Gasteiger partial charge in [0.2, 0.25) is 11.8 Å². The number of hydrogen-bond acceptors (Lipinski definition) is 6. The number of hydrogen-bond donors (Lipinski definition) is 4. The second kappa shape index (κ2) is 11.8. The number of nitrogens with two attached hydrogens (primary N) is 1. The maximum atomic E-state index is 14.9. The summed E-state index contributed by atoms with van der Waals surface area (Å²) in [5.41, 5.74) is 6.71. The molecule has 3 aliphatic rings. The van der Waals surface area contributed by atoms with Gasteiger partial charge in [-0.25, -0.2) is 0 Å². The number of rotatable bonds is 7. The largest absolute Gasteiger partial charge is 0.388 e. The van der Waals surface area contributed by atoms with Gasteiger partial charge in [-0.3, -0.25) is 19.8 Å². The Labute approximate surface area is 251 Å². The van der Waals surface area contributed by atoms with Crippen LogP contribution in [0.2, 0.25) is 0 Å². The Morgan fingerprint density at radius 1 is 1.07 bits per heavy atom. The normalized spacial score (nSPS) is 21.9. The number of nitrogens with zero attached hydrogens (tertiary/aromatic N) is 1. The van der Waals surface area contributed by atoms with Gasteiger partial charge in [0, 0.05) is 52.8 Å². The van der Waals surface area contributed by atoms with Crippen molar-refractivity contribution in [1.29, 1.82) is 5.41 Å². The second-order valence-electron chi connectivity index (χ2n) is 11.0. The second-order valence-corrected chi connectivity index (χ2v) is 12.0. The molecule has 0 radical (unpaired) electrons. The quantitative estimate of drug-likeness (QED) is 0.239. The number of methoxy groups -OCH3 is 1. The summed E-state index contributed by atoms with van der Waals surface area (Å²) in [5, 5.41) is 14.8. The summed E-state index contributed by atoms with van der Waals surface area (Å²) in [6.07, 6.45) is 0.554. The van der Waals surface area contributed by atoms with Crippen molar-refractivity contribution >= 4 is 34.9 Å². The van der Waals surface area contributed by atoms with Crippen LogP contribution in [0.25, 0.3) is 11.1 Å². The molecule has 1 aliphatic heterocycles. The number of alkyl halides is 2. The highest BCUT2D eigenvalue weighted by Crippen LogP contribution is 2.53. The maximum Gasteiger partial charge on any atom is 0.299 e. The van der Waals surface area contributed by atoms with Gasteiger partial charge in [0.25, 0.3) is 11.8 Å². The van der Waals surface area contributed by atoms with Crippen LogP contribution in [0.3, 0.4) is 0 Å². The Kier molecular flexibility index (Phi) is 8.35. The van der Waals surface area contributed by atoms with Gasteiger partial charge < -0.3 is 26.0 Å². The predicted octanol–water partition coefficient (Wildman–Crippen LogP) is 3.70. The van der Waals surface area contributed by atoms with Crippen molar-refractivity contribution in [3.63, 3.8) is 0 Å². The van der Waals surface area contributed by atoms with Crippen molar-refractivity contribution in [2.24, 2.45) is 17.6 Å². The van der Waals surface area contributed by atoms with Gasteiger partial charge in [0.1, 0.15) is 11.9 Å². The van der Waals surface area contributed by atoms with E-state index in [-0.39, 0.29) is 65.3 Å². The summed E-state index contributed by atoms with van der Waals surface area (Å²) in [6.45, 7) is 1.99. The highest BCUT2D eigenvalue weighted by molar-refractivity contribution is 7.10. The predicted molar refractivity (Wildman–Crippen MR) is 159 cm³/mol. The van der Waals surface area contributed by atoms with Gasteiger partial charge in [0.05, 0.1) is 13.1 Å².